The molecule has 4 rings (SSSR count). The average molecular weight is 561 g/mol. The molecule has 218 valence electrons. The van der Waals surface area contributed by atoms with Crippen LogP contribution in [-0.2, 0) is 27.2 Å². The van der Waals surface area contributed by atoms with E-state index in [9.17, 15) is 18.8 Å². The molecule has 0 bridgehead atoms. The minimum Gasteiger partial charge on any atom is -0.358 e. The molecule has 8 heteroatoms. The Morgan fingerprint density at radius 2 is 1.63 bits per heavy atom. The molecule has 1 saturated heterocycles. The number of carbonyl (C=O) groups is 3. The molecule has 0 aromatic heterocycles. The largest absolute Gasteiger partial charge is 0.358 e. The molecule has 0 aliphatic carbocycles. The van der Waals surface area contributed by atoms with Crippen molar-refractivity contribution in [3.05, 3.63) is 83.7 Å². The summed E-state index contributed by atoms with van der Waals surface area (Å²) in [4.78, 5) is 43.8. The maximum Gasteiger partial charge on any atom is 0.237 e. The van der Waals surface area contributed by atoms with Gasteiger partial charge in [0.1, 0.15) is 5.82 Å². The number of hydrogen-bond acceptors (Lipinski definition) is 5. The van der Waals surface area contributed by atoms with Crippen molar-refractivity contribution < 1.29 is 18.8 Å². The standard InChI is InChI=1S/C33H41FN4O3/c1-22-21-37(29(31(40)36-4)19-24-9-12-25-7-5-6-8-26(25)18-24)15-16-38(22)32(41)27(20-30(39)33(2,3)35)17-23-10-13-28(34)14-11-23/h5-14,18,22,27,29H,15-17,19-21,35H2,1-4H3,(H,36,40). The van der Waals surface area contributed by atoms with Crippen LogP contribution >= 0.6 is 0 Å². The summed E-state index contributed by atoms with van der Waals surface area (Å²) in [6.07, 6.45) is 0.880. The highest BCUT2D eigenvalue weighted by Gasteiger charge is 2.37. The van der Waals surface area contributed by atoms with Gasteiger partial charge < -0.3 is 16.0 Å². The van der Waals surface area contributed by atoms with Gasteiger partial charge in [0.25, 0.3) is 0 Å². The highest BCUT2D eigenvalue weighted by molar-refractivity contribution is 5.92. The first-order chi connectivity index (χ1) is 19.5. The maximum atomic E-state index is 13.9. The Hall–Kier alpha value is -3.62. The normalized spacial score (nSPS) is 17.7. The maximum absolute atomic E-state index is 13.9. The fourth-order valence-electron chi connectivity index (χ4n) is 5.61. The Balaban J connectivity index is 1.50. The van der Waals surface area contributed by atoms with Crippen molar-refractivity contribution in [1.82, 2.24) is 15.1 Å². The number of nitrogens with zero attached hydrogens (tertiary/aromatic N) is 2. The fraction of sp³-hybridized carbons (Fsp3) is 0.424. The first-order valence-electron chi connectivity index (χ1n) is 14.3. The third-order valence-electron chi connectivity index (χ3n) is 8.07. The quantitative estimate of drug-likeness (QED) is 0.394. The Morgan fingerprint density at radius 1 is 0.976 bits per heavy atom. The predicted octanol–water partition coefficient (Wildman–Crippen LogP) is 3.72. The molecule has 1 aliphatic rings. The van der Waals surface area contributed by atoms with Crippen molar-refractivity contribution in [2.24, 2.45) is 11.7 Å². The van der Waals surface area contributed by atoms with Crippen LogP contribution in [0, 0.1) is 11.7 Å². The number of Topliss-reactive ketones (excluding diaryl/α,β-unsaturated/α-hetero) is 1. The number of nitrogens with one attached hydrogen (secondary N) is 1. The molecule has 41 heavy (non-hydrogen) atoms. The second-order valence-electron chi connectivity index (χ2n) is 11.8. The molecule has 2 amide bonds. The van der Waals surface area contributed by atoms with Crippen LogP contribution in [0.3, 0.4) is 0 Å². The molecule has 7 nitrogen and oxygen atoms in total. The molecule has 3 aromatic carbocycles. The van der Waals surface area contributed by atoms with Crippen LogP contribution < -0.4 is 11.1 Å². The topological polar surface area (TPSA) is 95.7 Å². The molecule has 1 heterocycles. The van der Waals surface area contributed by atoms with Crippen LogP contribution in [0.4, 0.5) is 4.39 Å². The van der Waals surface area contributed by atoms with Crippen molar-refractivity contribution in [1.29, 1.82) is 0 Å². The molecule has 0 spiro atoms. The number of fused-ring (bicyclic) bond motifs is 1. The summed E-state index contributed by atoms with van der Waals surface area (Å²) in [6.45, 7) is 6.75. The Labute approximate surface area is 241 Å². The van der Waals surface area contributed by atoms with Crippen molar-refractivity contribution in [3.63, 3.8) is 0 Å². The third kappa shape index (κ3) is 7.57. The van der Waals surface area contributed by atoms with Crippen molar-refractivity contribution in [2.45, 2.75) is 57.7 Å². The van der Waals surface area contributed by atoms with E-state index < -0.39 is 11.5 Å². The molecule has 3 atom stereocenters. The van der Waals surface area contributed by atoms with E-state index in [1.54, 1.807) is 33.0 Å². The van der Waals surface area contributed by atoms with E-state index in [0.29, 0.717) is 32.5 Å². The van der Waals surface area contributed by atoms with Gasteiger partial charge in [-0.25, -0.2) is 4.39 Å². The molecule has 3 unspecified atom stereocenters. The molecular weight excluding hydrogens is 519 g/mol. The number of ketones is 1. The molecule has 3 N–H and O–H groups in total. The lowest BCUT2D eigenvalue weighted by Crippen LogP contribution is -2.60. The van der Waals surface area contributed by atoms with Gasteiger partial charge >= 0.3 is 0 Å². The van der Waals surface area contributed by atoms with Gasteiger partial charge in [0, 0.05) is 45.1 Å². The first kappa shape index (κ1) is 30.3. The van der Waals surface area contributed by atoms with Crippen molar-refractivity contribution >= 4 is 28.4 Å². The zero-order valence-electron chi connectivity index (χ0n) is 24.4. The van der Waals surface area contributed by atoms with Gasteiger partial charge in [-0.15, -0.1) is 0 Å². The van der Waals surface area contributed by atoms with E-state index >= 15 is 0 Å². The number of amides is 2. The van der Waals surface area contributed by atoms with Crippen LogP contribution in [0.1, 0.15) is 38.3 Å². The van der Waals surface area contributed by atoms with Gasteiger partial charge in [0.15, 0.2) is 5.78 Å². The van der Waals surface area contributed by atoms with Crippen LogP contribution in [0.2, 0.25) is 0 Å². The lowest BCUT2D eigenvalue weighted by Gasteiger charge is -2.44. The third-order valence-corrected chi connectivity index (χ3v) is 8.07. The van der Waals surface area contributed by atoms with Crippen LogP contribution in [0.25, 0.3) is 10.8 Å². The highest BCUT2D eigenvalue weighted by Crippen LogP contribution is 2.24. The van der Waals surface area contributed by atoms with Gasteiger partial charge in [-0.1, -0.05) is 54.6 Å². The second kappa shape index (κ2) is 12.9. The Kier molecular flexibility index (Phi) is 9.56. The zero-order chi connectivity index (χ0) is 29.7. The Bertz CT molecular complexity index is 1390. The fourth-order valence-corrected chi connectivity index (χ4v) is 5.61. The van der Waals surface area contributed by atoms with E-state index in [2.05, 4.69) is 40.5 Å². The lowest BCUT2D eigenvalue weighted by atomic mass is 9.86. The van der Waals surface area contributed by atoms with E-state index in [1.165, 1.54) is 12.1 Å². The number of benzene rings is 3. The van der Waals surface area contributed by atoms with Gasteiger partial charge in [0.2, 0.25) is 11.8 Å². The van der Waals surface area contributed by atoms with E-state index in [0.717, 1.165) is 21.9 Å². The molecular formula is C33H41FN4O3. The van der Waals surface area contributed by atoms with Crippen LogP contribution in [0.5, 0.6) is 0 Å². The number of halogens is 1. The van der Waals surface area contributed by atoms with Gasteiger partial charge in [0.05, 0.1) is 11.6 Å². The summed E-state index contributed by atoms with van der Waals surface area (Å²) in [7, 11) is 1.65. The number of piperazine rings is 1. The molecule has 0 saturated carbocycles. The minimum absolute atomic E-state index is 0.00940. The predicted molar refractivity (Wildman–Crippen MR) is 160 cm³/mol. The first-order valence-corrected chi connectivity index (χ1v) is 14.3. The van der Waals surface area contributed by atoms with Crippen molar-refractivity contribution in [3.8, 4) is 0 Å². The average Bonchev–Trinajstić information content (AvgIpc) is 2.95. The number of carbonyl (C=O) groups excluding carboxylic acids is 3. The van der Waals surface area contributed by atoms with Gasteiger partial charge in [-0.3, -0.25) is 19.3 Å². The molecule has 1 fully saturated rings. The summed E-state index contributed by atoms with van der Waals surface area (Å²) in [5.74, 6) is -1.34. The SMILES string of the molecule is CNC(=O)C(Cc1ccc2ccccc2c1)N1CCN(C(=O)C(CC(=O)C(C)(C)N)Cc2ccc(F)cc2)C(C)C1. The lowest BCUT2D eigenvalue weighted by molar-refractivity contribution is -0.143. The summed E-state index contributed by atoms with van der Waals surface area (Å²) < 4.78 is 13.5. The van der Waals surface area contributed by atoms with Crippen LogP contribution in [0.15, 0.2) is 66.7 Å². The summed E-state index contributed by atoms with van der Waals surface area (Å²) in [5, 5.41) is 5.10. The van der Waals surface area contributed by atoms with Gasteiger partial charge in [-0.2, -0.15) is 0 Å². The summed E-state index contributed by atoms with van der Waals surface area (Å²) in [5.41, 5.74) is 6.86. The number of nitrogens with two attached hydrogens (primary N) is 1. The summed E-state index contributed by atoms with van der Waals surface area (Å²) in [6, 6.07) is 19.9. The smallest absolute Gasteiger partial charge is 0.237 e. The number of rotatable bonds is 10. The highest BCUT2D eigenvalue weighted by atomic mass is 19.1. The van der Waals surface area contributed by atoms with Gasteiger partial charge in [-0.05, 0) is 67.6 Å². The molecule has 3 aromatic rings. The van der Waals surface area contributed by atoms with Crippen molar-refractivity contribution in [2.75, 3.05) is 26.7 Å². The minimum atomic E-state index is -1.06. The van der Waals surface area contributed by atoms with E-state index in [1.807, 2.05) is 24.0 Å². The summed E-state index contributed by atoms with van der Waals surface area (Å²) >= 11 is 0. The van der Waals surface area contributed by atoms with E-state index in [4.69, 9.17) is 5.73 Å². The zero-order valence-corrected chi connectivity index (χ0v) is 24.4. The molecule has 1 aliphatic heterocycles. The Morgan fingerprint density at radius 3 is 2.27 bits per heavy atom. The van der Waals surface area contributed by atoms with Crippen LogP contribution in [-0.4, -0.2) is 71.7 Å². The monoisotopic (exact) mass is 560 g/mol. The second-order valence-corrected chi connectivity index (χ2v) is 11.8. The number of hydrogen-bond donors (Lipinski definition) is 2. The number of likely N-dealkylation sites (N-methyl/N-ethyl adjacent to an activating group) is 1. The van der Waals surface area contributed by atoms with E-state index in [-0.39, 0.29) is 41.9 Å². The molecule has 0 radical (unpaired) electrons.